The summed E-state index contributed by atoms with van der Waals surface area (Å²) in [5, 5.41) is 10.1. The normalized spacial score (nSPS) is 34.5. The summed E-state index contributed by atoms with van der Waals surface area (Å²) >= 11 is 0. The van der Waals surface area contributed by atoms with Crippen LogP contribution < -0.4 is 5.73 Å². The fourth-order valence-corrected chi connectivity index (χ4v) is 2.90. The van der Waals surface area contributed by atoms with E-state index in [4.69, 9.17) is 24.7 Å². The predicted octanol–water partition coefficient (Wildman–Crippen LogP) is 0.768. The Kier molecular flexibility index (Phi) is 4.49. The first-order valence-corrected chi connectivity index (χ1v) is 7.55. The Balaban J connectivity index is 1.71. The van der Waals surface area contributed by atoms with E-state index in [1.54, 1.807) is 0 Å². The van der Waals surface area contributed by atoms with Gasteiger partial charge in [-0.2, -0.15) is 0 Å². The summed E-state index contributed by atoms with van der Waals surface area (Å²) in [6, 6.07) is 9.83. The molecule has 1 aromatic rings. The molecule has 1 aromatic carbocycles. The third kappa shape index (κ3) is 3.17. The van der Waals surface area contributed by atoms with Gasteiger partial charge in [-0.3, -0.25) is 0 Å². The maximum absolute atomic E-state index is 10.1. The lowest BCUT2D eigenvalue weighted by Crippen LogP contribution is -2.45. The van der Waals surface area contributed by atoms with Gasteiger partial charge in [-0.15, -0.1) is 0 Å². The van der Waals surface area contributed by atoms with Gasteiger partial charge in [-0.1, -0.05) is 30.3 Å². The smallest absolute Gasteiger partial charge is 0.190 e. The van der Waals surface area contributed by atoms with Crippen molar-refractivity contribution in [2.45, 2.75) is 56.9 Å². The van der Waals surface area contributed by atoms with E-state index in [9.17, 15) is 5.11 Å². The molecule has 0 saturated carbocycles. The first-order valence-electron chi connectivity index (χ1n) is 7.55. The molecule has 0 aliphatic carbocycles. The molecule has 2 heterocycles. The van der Waals surface area contributed by atoms with Crippen LogP contribution in [0.15, 0.2) is 30.3 Å². The number of ether oxygens (including phenoxy) is 4. The summed E-state index contributed by atoms with van der Waals surface area (Å²) in [4.78, 5) is 0. The van der Waals surface area contributed by atoms with E-state index in [0.29, 0.717) is 6.61 Å². The van der Waals surface area contributed by atoms with Crippen LogP contribution in [0, 0.1) is 0 Å². The quantitative estimate of drug-likeness (QED) is 0.836. The van der Waals surface area contributed by atoms with Crippen molar-refractivity contribution in [2.75, 3.05) is 6.54 Å². The van der Waals surface area contributed by atoms with Crippen molar-refractivity contribution in [3.05, 3.63) is 35.9 Å². The monoisotopic (exact) mass is 309 g/mol. The molecule has 2 saturated heterocycles. The van der Waals surface area contributed by atoms with E-state index >= 15 is 0 Å². The average molecular weight is 309 g/mol. The van der Waals surface area contributed by atoms with E-state index in [1.165, 1.54) is 0 Å². The van der Waals surface area contributed by atoms with E-state index < -0.39 is 30.4 Å². The van der Waals surface area contributed by atoms with Gasteiger partial charge in [-0.05, 0) is 19.4 Å². The molecule has 0 bridgehead atoms. The fraction of sp³-hybridized carbons (Fsp3) is 0.625. The Morgan fingerprint density at radius 1 is 1.27 bits per heavy atom. The van der Waals surface area contributed by atoms with Gasteiger partial charge in [0.2, 0.25) is 0 Å². The zero-order chi connectivity index (χ0) is 15.7. The van der Waals surface area contributed by atoms with Crippen LogP contribution >= 0.6 is 0 Å². The molecule has 2 fully saturated rings. The highest BCUT2D eigenvalue weighted by Gasteiger charge is 2.56. The molecule has 0 spiro atoms. The van der Waals surface area contributed by atoms with E-state index in [1.807, 2.05) is 44.2 Å². The minimum atomic E-state index is -0.818. The van der Waals surface area contributed by atoms with Gasteiger partial charge in [0.1, 0.15) is 18.3 Å². The summed E-state index contributed by atoms with van der Waals surface area (Å²) in [7, 11) is 0. The molecule has 0 amide bonds. The molecule has 22 heavy (non-hydrogen) atoms. The van der Waals surface area contributed by atoms with E-state index in [0.717, 1.165) is 5.56 Å². The number of benzene rings is 1. The van der Waals surface area contributed by atoms with Crippen LogP contribution in [-0.2, 0) is 25.6 Å². The van der Waals surface area contributed by atoms with Gasteiger partial charge >= 0.3 is 0 Å². The number of nitrogens with two attached hydrogens (primary N) is 1. The SMILES string of the molecule is CC1(C)O[C@H]2O[C@H]([C@H](O)CN)[C@H](OCc3ccccc3)[C@H]2O1. The van der Waals surface area contributed by atoms with Crippen LogP contribution in [0.1, 0.15) is 19.4 Å². The van der Waals surface area contributed by atoms with Crippen molar-refractivity contribution in [1.29, 1.82) is 0 Å². The number of fused-ring (bicyclic) bond motifs is 1. The number of aliphatic hydroxyl groups excluding tert-OH is 1. The average Bonchev–Trinajstić information content (AvgIpc) is 2.97. The van der Waals surface area contributed by atoms with Crippen molar-refractivity contribution >= 4 is 0 Å². The Bertz CT molecular complexity index is 495. The Labute approximate surface area is 130 Å². The van der Waals surface area contributed by atoms with Gasteiger partial charge in [0, 0.05) is 6.54 Å². The first-order chi connectivity index (χ1) is 10.5. The van der Waals surface area contributed by atoms with Crippen molar-refractivity contribution in [3.8, 4) is 0 Å². The van der Waals surface area contributed by atoms with Crippen LogP contribution in [0.2, 0.25) is 0 Å². The van der Waals surface area contributed by atoms with Gasteiger partial charge in [0.25, 0.3) is 0 Å². The minimum Gasteiger partial charge on any atom is -0.389 e. The van der Waals surface area contributed by atoms with Gasteiger partial charge in [0.05, 0.1) is 12.7 Å². The molecular weight excluding hydrogens is 286 g/mol. The summed E-state index contributed by atoms with van der Waals surface area (Å²) in [6.45, 7) is 4.17. The van der Waals surface area contributed by atoms with Crippen LogP contribution in [0.4, 0.5) is 0 Å². The number of aliphatic hydroxyl groups is 1. The summed E-state index contributed by atoms with van der Waals surface area (Å²) in [5.41, 5.74) is 6.60. The summed E-state index contributed by atoms with van der Waals surface area (Å²) in [6.07, 6.45) is -2.71. The maximum Gasteiger partial charge on any atom is 0.190 e. The molecule has 0 radical (unpaired) electrons. The highest BCUT2D eigenvalue weighted by molar-refractivity contribution is 5.13. The second-order valence-corrected chi connectivity index (χ2v) is 6.13. The Morgan fingerprint density at radius 3 is 2.68 bits per heavy atom. The van der Waals surface area contributed by atoms with Gasteiger partial charge in [0.15, 0.2) is 12.1 Å². The van der Waals surface area contributed by atoms with Crippen LogP contribution in [0.5, 0.6) is 0 Å². The highest BCUT2D eigenvalue weighted by Crippen LogP contribution is 2.39. The fourth-order valence-electron chi connectivity index (χ4n) is 2.90. The maximum atomic E-state index is 10.1. The molecule has 6 nitrogen and oxygen atoms in total. The lowest BCUT2D eigenvalue weighted by molar-refractivity contribution is -0.229. The molecular formula is C16H23NO5. The van der Waals surface area contributed by atoms with Crippen molar-refractivity contribution in [3.63, 3.8) is 0 Å². The van der Waals surface area contributed by atoms with Crippen LogP contribution in [0.25, 0.3) is 0 Å². The molecule has 122 valence electrons. The van der Waals surface area contributed by atoms with Crippen LogP contribution in [0.3, 0.4) is 0 Å². The first kappa shape index (κ1) is 15.9. The summed E-state index contributed by atoms with van der Waals surface area (Å²) in [5.74, 6) is -0.720. The molecule has 3 rings (SSSR count). The van der Waals surface area contributed by atoms with E-state index in [2.05, 4.69) is 0 Å². The van der Waals surface area contributed by atoms with E-state index in [-0.39, 0.29) is 12.6 Å². The van der Waals surface area contributed by atoms with Gasteiger partial charge in [-0.25, -0.2) is 0 Å². The predicted molar refractivity (Wildman–Crippen MR) is 78.8 cm³/mol. The molecule has 0 aromatic heterocycles. The summed E-state index contributed by atoms with van der Waals surface area (Å²) < 4.78 is 23.3. The van der Waals surface area contributed by atoms with Gasteiger partial charge < -0.3 is 29.8 Å². The largest absolute Gasteiger partial charge is 0.389 e. The Hall–Kier alpha value is -1.02. The van der Waals surface area contributed by atoms with Crippen molar-refractivity contribution in [1.82, 2.24) is 0 Å². The lowest BCUT2D eigenvalue weighted by Gasteiger charge is -2.28. The zero-order valence-corrected chi connectivity index (χ0v) is 12.8. The molecule has 6 heteroatoms. The third-order valence-corrected chi connectivity index (χ3v) is 3.93. The van der Waals surface area contributed by atoms with Crippen molar-refractivity contribution in [2.24, 2.45) is 5.73 Å². The zero-order valence-electron chi connectivity index (χ0n) is 12.8. The Morgan fingerprint density at radius 2 is 2.00 bits per heavy atom. The number of hydrogen-bond donors (Lipinski definition) is 2. The molecule has 2 aliphatic heterocycles. The molecule has 2 aliphatic rings. The molecule has 5 atom stereocenters. The minimum absolute atomic E-state index is 0.0959. The lowest BCUT2D eigenvalue weighted by atomic mass is 10.1. The van der Waals surface area contributed by atoms with Crippen LogP contribution in [-0.4, -0.2) is 48.1 Å². The standard InChI is InChI=1S/C16H23NO5/c1-16(2)21-14-13(19-9-10-6-4-3-5-7-10)12(11(18)8-17)20-15(14)22-16/h3-7,11-15,18H,8-9,17H2,1-2H3/t11-,12-,13+,14-,15-/m1/s1. The number of hydrogen-bond acceptors (Lipinski definition) is 6. The second kappa shape index (κ2) is 6.23. The molecule has 0 unspecified atom stereocenters. The number of rotatable bonds is 5. The second-order valence-electron chi connectivity index (χ2n) is 6.13. The van der Waals surface area contributed by atoms with Crippen molar-refractivity contribution < 1.29 is 24.1 Å². The topological polar surface area (TPSA) is 83.2 Å². The third-order valence-electron chi connectivity index (χ3n) is 3.93. The highest BCUT2D eigenvalue weighted by atomic mass is 16.8. The molecule has 3 N–H and O–H groups in total.